The Morgan fingerprint density at radius 3 is 2.32 bits per heavy atom. The Morgan fingerprint density at radius 2 is 1.74 bits per heavy atom. The van der Waals surface area contributed by atoms with Gasteiger partial charge in [-0.05, 0) is 37.1 Å². The van der Waals surface area contributed by atoms with Gasteiger partial charge in [0.1, 0.15) is 0 Å². The van der Waals surface area contributed by atoms with Crippen LogP contribution in [0.3, 0.4) is 0 Å². The second kappa shape index (κ2) is 11.0. The van der Waals surface area contributed by atoms with Crippen LogP contribution in [0.15, 0.2) is 29.2 Å². The van der Waals surface area contributed by atoms with E-state index < -0.39 is 16.0 Å². The second-order valence-electron chi connectivity index (χ2n) is 7.94. The van der Waals surface area contributed by atoms with Gasteiger partial charge in [0.25, 0.3) is 16.0 Å². The molecule has 0 bridgehead atoms. The second-order valence-corrected chi connectivity index (χ2v) is 11.0. The van der Waals surface area contributed by atoms with Crippen molar-refractivity contribution in [3.8, 4) is 0 Å². The van der Waals surface area contributed by atoms with Crippen molar-refractivity contribution < 1.29 is 22.0 Å². The van der Waals surface area contributed by atoms with E-state index in [1.54, 1.807) is 31.3 Å². The van der Waals surface area contributed by atoms with Crippen LogP contribution in [0.2, 0.25) is 0 Å². The van der Waals surface area contributed by atoms with Crippen molar-refractivity contribution in [1.29, 1.82) is 0 Å². The topological polar surface area (TPSA) is 73.0 Å². The number of hydrogen-bond acceptors (Lipinski definition) is 5. The van der Waals surface area contributed by atoms with Crippen molar-refractivity contribution >= 4 is 33.6 Å². The number of benzene rings is 1. The van der Waals surface area contributed by atoms with Gasteiger partial charge in [-0.1, -0.05) is 31.0 Å². The molecular formula is C20H30F2N4O3S2. The minimum Gasteiger partial charge on any atom is -0.325 e. The Morgan fingerprint density at radius 1 is 1.13 bits per heavy atom. The molecule has 174 valence electrons. The quantitative estimate of drug-likeness (QED) is 0.584. The number of amides is 1. The van der Waals surface area contributed by atoms with Gasteiger partial charge in [0, 0.05) is 49.9 Å². The van der Waals surface area contributed by atoms with Gasteiger partial charge in [-0.2, -0.15) is 25.8 Å². The lowest BCUT2D eigenvalue weighted by Crippen LogP contribution is -2.55. The molecule has 31 heavy (non-hydrogen) atoms. The Bertz CT molecular complexity index is 825. The van der Waals surface area contributed by atoms with Crippen molar-refractivity contribution in [2.75, 3.05) is 45.1 Å². The molecule has 1 saturated carbocycles. The minimum absolute atomic E-state index is 0.0769. The van der Waals surface area contributed by atoms with Crippen molar-refractivity contribution in [2.45, 2.75) is 48.8 Å². The number of hydrogen-bond donors (Lipinski definition) is 1. The van der Waals surface area contributed by atoms with E-state index in [9.17, 15) is 22.0 Å². The fraction of sp³-hybridized carbons (Fsp3) is 0.650. The highest BCUT2D eigenvalue weighted by atomic mass is 32.2. The van der Waals surface area contributed by atoms with Crippen molar-refractivity contribution in [3.63, 3.8) is 0 Å². The lowest BCUT2D eigenvalue weighted by molar-refractivity contribution is -0.117. The molecule has 0 aromatic heterocycles. The molecule has 0 spiro atoms. The molecule has 2 fully saturated rings. The number of halogens is 2. The van der Waals surface area contributed by atoms with Crippen LogP contribution in [-0.2, 0) is 15.0 Å². The summed E-state index contributed by atoms with van der Waals surface area (Å²) in [7, 11) is -1.81. The summed E-state index contributed by atoms with van der Waals surface area (Å²) >= 11 is 0.456. The summed E-state index contributed by atoms with van der Waals surface area (Å²) in [4.78, 5) is 14.7. The van der Waals surface area contributed by atoms with Gasteiger partial charge in [-0.3, -0.25) is 9.69 Å². The van der Waals surface area contributed by atoms with Crippen LogP contribution in [0, 0.1) is 0 Å². The fourth-order valence-electron chi connectivity index (χ4n) is 4.06. The van der Waals surface area contributed by atoms with Crippen molar-refractivity contribution in [2.24, 2.45) is 0 Å². The highest BCUT2D eigenvalue weighted by Gasteiger charge is 2.34. The van der Waals surface area contributed by atoms with Crippen LogP contribution in [0.25, 0.3) is 0 Å². The number of rotatable bonds is 8. The molecular weight excluding hydrogens is 446 g/mol. The van der Waals surface area contributed by atoms with Gasteiger partial charge in [0.2, 0.25) is 5.91 Å². The Hall–Kier alpha value is -1.27. The van der Waals surface area contributed by atoms with Gasteiger partial charge >= 0.3 is 0 Å². The van der Waals surface area contributed by atoms with E-state index in [2.05, 4.69) is 5.32 Å². The Kier molecular flexibility index (Phi) is 8.68. The predicted molar refractivity (Wildman–Crippen MR) is 119 cm³/mol. The maximum atomic E-state index is 13.0. The number of carbonyl (C=O) groups is 1. The SMILES string of the molecule is CN(C1CCCCC1)S(=O)(=O)N1CCN(CC(=O)Nc2ccc(SC(F)F)cc2)CC1. The molecule has 1 saturated heterocycles. The zero-order valence-corrected chi connectivity index (χ0v) is 19.3. The van der Waals surface area contributed by atoms with E-state index in [0.717, 1.165) is 25.7 Å². The third-order valence-electron chi connectivity index (χ3n) is 5.84. The zero-order chi connectivity index (χ0) is 22.4. The maximum absolute atomic E-state index is 13.0. The highest BCUT2D eigenvalue weighted by Crippen LogP contribution is 2.27. The van der Waals surface area contributed by atoms with Crippen LogP contribution < -0.4 is 5.32 Å². The van der Waals surface area contributed by atoms with Gasteiger partial charge in [0.05, 0.1) is 6.54 Å². The molecule has 2 aliphatic rings. The first-order valence-electron chi connectivity index (χ1n) is 10.6. The van der Waals surface area contributed by atoms with E-state index in [-0.39, 0.29) is 18.5 Å². The predicted octanol–water partition coefficient (Wildman–Crippen LogP) is 3.07. The number of thioether (sulfide) groups is 1. The lowest BCUT2D eigenvalue weighted by Gasteiger charge is -2.38. The monoisotopic (exact) mass is 476 g/mol. The van der Waals surface area contributed by atoms with Crippen LogP contribution in [0.1, 0.15) is 32.1 Å². The molecule has 0 unspecified atom stereocenters. The van der Waals surface area contributed by atoms with Gasteiger partial charge in [-0.25, -0.2) is 0 Å². The molecule has 0 atom stereocenters. The van der Waals surface area contributed by atoms with Crippen LogP contribution in [0.4, 0.5) is 14.5 Å². The molecule has 1 aromatic rings. The summed E-state index contributed by atoms with van der Waals surface area (Å²) in [6.07, 6.45) is 5.14. The smallest absolute Gasteiger partial charge is 0.288 e. The first kappa shape index (κ1) is 24.4. The molecule has 1 amide bonds. The van der Waals surface area contributed by atoms with E-state index >= 15 is 0 Å². The van der Waals surface area contributed by atoms with Crippen LogP contribution in [0.5, 0.6) is 0 Å². The van der Waals surface area contributed by atoms with E-state index in [0.29, 0.717) is 48.5 Å². The van der Waals surface area contributed by atoms with Gasteiger partial charge < -0.3 is 5.32 Å². The lowest BCUT2D eigenvalue weighted by atomic mass is 9.96. The highest BCUT2D eigenvalue weighted by molar-refractivity contribution is 7.99. The number of alkyl halides is 2. The molecule has 3 rings (SSSR count). The average Bonchev–Trinajstić information content (AvgIpc) is 2.75. The van der Waals surface area contributed by atoms with Crippen molar-refractivity contribution in [3.05, 3.63) is 24.3 Å². The van der Waals surface area contributed by atoms with Crippen LogP contribution in [-0.4, -0.2) is 79.4 Å². The molecule has 7 nitrogen and oxygen atoms in total. The number of nitrogens with one attached hydrogen (secondary N) is 1. The third-order valence-corrected chi connectivity index (χ3v) is 8.61. The van der Waals surface area contributed by atoms with Crippen molar-refractivity contribution in [1.82, 2.24) is 13.5 Å². The van der Waals surface area contributed by atoms with Gasteiger partial charge in [0.15, 0.2) is 0 Å². The summed E-state index contributed by atoms with van der Waals surface area (Å²) in [5, 5.41) is 2.75. The molecule has 1 aliphatic heterocycles. The number of carbonyl (C=O) groups excluding carboxylic acids is 1. The number of anilines is 1. The average molecular weight is 477 g/mol. The minimum atomic E-state index is -3.49. The summed E-state index contributed by atoms with van der Waals surface area (Å²) in [5.74, 6) is -2.70. The molecule has 1 heterocycles. The molecule has 1 aliphatic carbocycles. The fourth-order valence-corrected chi connectivity index (χ4v) is 6.13. The summed E-state index contributed by atoms with van der Waals surface area (Å²) in [6.45, 7) is 1.82. The molecule has 11 heteroatoms. The Balaban J connectivity index is 1.45. The summed E-state index contributed by atoms with van der Waals surface area (Å²) < 4.78 is 53.7. The Labute approximate surface area is 187 Å². The molecule has 1 N–H and O–H groups in total. The first-order chi connectivity index (χ1) is 14.8. The molecule has 1 aromatic carbocycles. The molecule has 0 radical (unpaired) electrons. The van der Waals surface area contributed by atoms with Crippen LogP contribution >= 0.6 is 11.8 Å². The standard InChI is InChI=1S/C20H30F2N4O3S2/c1-24(17-5-3-2-4-6-17)31(28,29)26-13-11-25(12-14-26)15-19(27)23-16-7-9-18(10-8-16)30-20(21)22/h7-10,17,20H,2-6,11-15H2,1H3,(H,23,27). The first-order valence-corrected chi connectivity index (χ1v) is 12.8. The summed E-state index contributed by atoms with van der Waals surface area (Å²) in [5.41, 5.74) is 0.541. The van der Waals surface area contributed by atoms with E-state index in [1.165, 1.54) is 15.0 Å². The number of nitrogens with zero attached hydrogens (tertiary/aromatic N) is 3. The maximum Gasteiger partial charge on any atom is 0.288 e. The third kappa shape index (κ3) is 6.85. The number of piperazine rings is 1. The summed E-state index contributed by atoms with van der Waals surface area (Å²) in [6, 6.07) is 6.34. The van der Waals surface area contributed by atoms with E-state index in [4.69, 9.17) is 0 Å². The largest absolute Gasteiger partial charge is 0.325 e. The van der Waals surface area contributed by atoms with E-state index in [1.807, 2.05) is 4.90 Å². The normalized spacial score (nSPS) is 19.8. The zero-order valence-electron chi connectivity index (χ0n) is 17.7. The van der Waals surface area contributed by atoms with Gasteiger partial charge in [-0.15, -0.1) is 0 Å².